The lowest BCUT2D eigenvalue weighted by atomic mass is 10.00. The molecule has 0 saturated carbocycles. The molecule has 78 heavy (non-hydrogen) atoms. The molecule has 0 aliphatic carbocycles. The summed E-state index contributed by atoms with van der Waals surface area (Å²) >= 11 is 1.45. The molecule has 0 spiro atoms. The van der Waals surface area contributed by atoms with Crippen LogP contribution in [0.1, 0.15) is 54.9 Å². The molecule has 0 bridgehead atoms. The van der Waals surface area contributed by atoms with Gasteiger partial charge in [-0.15, -0.1) is 0 Å². The van der Waals surface area contributed by atoms with E-state index in [-0.39, 0.29) is 57.4 Å². The van der Waals surface area contributed by atoms with Crippen LogP contribution in [0.3, 0.4) is 0 Å². The average molecular weight is 1090 g/mol. The Morgan fingerprint density at radius 3 is 1.50 bits per heavy atom. The second kappa shape index (κ2) is 29.3. The number of phenols is 1. The highest BCUT2D eigenvalue weighted by atomic mass is 32.2. The third kappa shape index (κ3) is 17.1. The molecule has 414 valence electrons. The van der Waals surface area contributed by atoms with Crippen LogP contribution in [0.15, 0.2) is 116 Å². The molecular formula is C56H69N11O10S. The number of carboxylic acids is 1. The number of unbranched alkanes of at least 4 members (excludes halogenated alkanes) is 1. The average Bonchev–Trinajstić information content (AvgIpc) is 4.06. The van der Waals surface area contributed by atoms with Crippen LogP contribution in [0, 0.1) is 0 Å². The molecule has 2 aromatic heterocycles. The van der Waals surface area contributed by atoms with Gasteiger partial charge < -0.3 is 68.9 Å². The first-order valence-electron chi connectivity index (χ1n) is 25.7. The second-order valence-corrected chi connectivity index (χ2v) is 19.9. The molecule has 0 radical (unpaired) electrons. The summed E-state index contributed by atoms with van der Waals surface area (Å²) in [5.41, 5.74) is 15.3. The van der Waals surface area contributed by atoms with Crippen LogP contribution < -0.4 is 48.7 Å². The summed E-state index contributed by atoms with van der Waals surface area (Å²) in [4.78, 5) is 117. The summed E-state index contributed by atoms with van der Waals surface area (Å²) in [6.07, 6.45) is 6.00. The molecule has 2 heterocycles. The highest BCUT2D eigenvalue weighted by Gasteiger charge is 2.35. The quantitative estimate of drug-likeness (QED) is 0.0288. The predicted octanol–water partition coefficient (Wildman–Crippen LogP) is 1.96. The Labute approximate surface area is 455 Å². The van der Waals surface area contributed by atoms with Gasteiger partial charge in [0, 0.05) is 59.9 Å². The van der Waals surface area contributed by atoms with E-state index < -0.39 is 89.6 Å². The molecule has 15 N–H and O–H groups in total. The molecule has 6 aromatic rings. The maximum Gasteiger partial charge on any atom is 0.326 e. The van der Waals surface area contributed by atoms with E-state index in [2.05, 4.69) is 47.2 Å². The number of phenolic OH excluding ortho intramolecular Hbond substituents is 1. The fraction of sp³-hybridized carbons (Fsp3) is 0.357. The van der Waals surface area contributed by atoms with Crippen LogP contribution in [0.2, 0.25) is 0 Å². The number of aromatic hydroxyl groups is 1. The maximum atomic E-state index is 14.9. The first-order chi connectivity index (χ1) is 37.6. The molecule has 7 atom stereocenters. The standard InChI is InChI=1S/C56H69N11O10S/c1-33(61-51(71)44(23-25-78-2)62-49(69)30-58)50(70)64-45(26-35-19-21-38(68)22-20-35)53(73)66-46(28-36-31-59-41-16-8-6-14-39(36)41)54(74)63-43(18-10-11-24-57)52(72)65-47(29-37-32-60-42-17-9-7-15-40(37)42)55(75)67-48(56(76)77)27-34-12-4-3-5-13-34/h3-9,12-17,19-22,31-33,43-48,59-60,68H,10-11,18,23-30,57-58H2,1-2H3,(H,61,71)(H,62,69)(H,63,74)(H,64,70)(H,65,72)(H,66,73)(H,67,75)(H,76,77)/t33-,43-,44-,45-,46+,47-,48+/m0/s1. The first-order valence-corrected chi connectivity index (χ1v) is 27.1. The summed E-state index contributed by atoms with van der Waals surface area (Å²) in [5.74, 6) is -5.95. The zero-order valence-corrected chi connectivity index (χ0v) is 44.3. The van der Waals surface area contributed by atoms with Gasteiger partial charge in [0.05, 0.1) is 6.54 Å². The minimum atomic E-state index is -1.40. The van der Waals surface area contributed by atoms with Crippen LogP contribution in [0.5, 0.6) is 5.75 Å². The van der Waals surface area contributed by atoms with Crippen molar-refractivity contribution in [1.82, 2.24) is 47.2 Å². The highest BCUT2D eigenvalue weighted by molar-refractivity contribution is 7.98. The van der Waals surface area contributed by atoms with Gasteiger partial charge in [-0.05, 0) is 97.7 Å². The van der Waals surface area contributed by atoms with Gasteiger partial charge in [-0.1, -0.05) is 78.9 Å². The molecular weight excluding hydrogens is 1020 g/mol. The Kier molecular flexibility index (Phi) is 22.2. The molecule has 0 aliphatic heterocycles. The van der Waals surface area contributed by atoms with Crippen LogP contribution in [-0.4, -0.2) is 135 Å². The molecule has 0 saturated heterocycles. The SMILES string of the molecule is CSCC[C@H](NC(=O)CN)C(=O)N[C@@H](C)C(=O)N[C@@H](Cc1ccc(O)cc1)C(=O)N[C@H](Cc1c[nH]c2ccccc12)C(=O)N[C@@H](CCCCN)C(=O)N[C@@H](Cc1c[nH]c2ccccc12)C(=O)N[C@H](Cc1ccccc1)C(=O)O. The molecule has 6 rings (SSSR count). The van der Waals surface area contributed by atoms with Crippen LogP contribution in [0.25, 0.3) is 21.8 Å². The van der Waals surface area contributed by atoms with Crippen molar-refractivity contribution in [3.63, 3.8) is 0 Å². The third-order valence-corrected chi connectivity index (χ3v) is 13.8. The van der Waals surface area contributed by atoms with Crippen molar-refractivity contribution >= 4 is 80.9 Å². The zero-order valence-electron chi connectivity index (χ0n) is 43.5. The second-order valence-electron chi connectivity index (χ2n) is 19.0. The number of H-pyrrole nitrogens is 2. The maximum absolute atomic E-state index is 14.9. The topological polar surface area (TPSA) is 345 Å². The number of carbonyl (C=O) groups excluding carboxylic acids is 7. The van der Waals surface area contributed by atoms with E-state index in [1.54, 1.807) is 54.9 Å². The van der Waals surface area contributed by atoms with E-state index in [0.29, 0.717) is 40.8 Å². The Bertz CT molecular complexity index is 3010. The first kappa shape index (κ1) is 59.0. The number of hydrogen-bond acceptors (Lipinski definition) is 12. The van der Waals surface area contributed by atoms with Gasteiger partial charge in [0.1, 0.15) is 48.0 Å². The van der Waals surface area contributed by atoms with Gasteiger partial charge in [0.15, 0.2) is 0 Å². The molecule has 4 aromatic carbocycles. The van der Waals surface area contributed by atoms with Crippen LogP contribution >= 0.6 is 11.8 Å². The number of benzene rings is 4. The Balaban J connectivity index is 1.29. The van der Waals surface area contributed by atoms with Gasteiger partial charge in [-0.3, -0.25) is 33.6 Å². The number of para-hydroxylation sites is 2. The number of nitrogens with one attached hydrogen (secondary N) is 9. The lowest BCUT2D eigenvalue weighted by molar-refractivity contribution is -0.142. The van der Waals surface area contributed by atoms with E-state index in [1.807, 2.05) is 54.8 Å². The number of carbonyl (C=O) groups is 8. The molecule has 7 amide bonds. The molecule has 0 fully saturated rings. The van der Waals surface area contributed by atoms with E-state index in [0.717, 1.165) is 21.8 Å². The van der Waals surface area contributed by atoms with Gasteiger partial charge in [-0.25, -0.2) is 4.79 Å². The van der Waals surface area contributed by atoms with E-state index in [1.165, 1.54) is 30.8 Å². The number of nitrogens with two attached hydrogens (primary N) is 2. The summed E-state index contributed by atoms with van der Waals surface area (Å²) in [7, 11) is 0. The van der Waals surface area contributed by atoms with Crippen molar-refractivity contribution in [2.75, 3.05) is 25.1 Å². The Hall–Kier alpha value is -8.21. The predicted molar refractivity (Wildman–Crippen MR) is 298 cm³/mol. The van der Waals surface area contributed by atoms with Gasteiger partial charge >= 0.3 is 5.97 Å². The fourth-order valence-corrected chi connectivity index (χ4v) is 9.34. The smallest absolute Gasteiger partial charge is 0.326 e. The number of hydrogen-bond donors (Lipinski definition) is 13. The normalized spacial score (nSPS) is 13.9. The van der Waals surface area contributed by atoms with Crippen molar-refractivity contribution in [3.8, 4) is 5.75 Å². The molecule has 0 unspecified atom stereocenters. The summed E-state index contributed by atoms with van der Waals surface area (Å²) < 4.78 is 0. The van der Waals surface area contributed by atoms with E-state index >= 15 is 0 Å². The number of amides is 7. The Morgan fingerprint density at radius 1 is 0.513 bits per heavy atom. The van der Waals surface area contributed by atoms with Gasteiger partial charge in [0.2, 0.25) is 41.4 Å². The van der Waals surface area contributed by atoms with Crippen molar-refractivity contribution in [1.29, 1.82) is 0 Å². The van der Waals surface area contributed by atoms with Crippen LogP contribution in [0.4, 0.5) is 0 Å². The minimum Gasteiger partial charge on any atom is -0.508 e. The van der Waals surface area contributed by atoms with Crippen LogP contribution in [-0.2, 0) is 64.0 Å². The fourth-order valence-electron chi connectivity index (χ4n) is 8.87. The third-order valence-electron chi connectivity index (χ3n) is 13.1. The zero-order chi connectivity index (χ0) is 56.1. The summed E-state index contributed by atoms with van der Waals surface area (Å²) in [6.45, 7) is 1.32. The van der Waals surface area contributed by atoms with Crippen molar-refractivity contribution in [3.05, 3.63) is 138 Å². The summed E-state index contributed by atoms with van der Waals surface area (Å²) in [6, 6.07) is 20.4. The number of thioether (sulfide) groups is 1. The minimum absolute atomic E-state index is 0.0402. The molecule has 21 nitrogen and oxygen atoms in total. The van der Waals surface area contributed by atoms with E-state index in [9.17, 15) is 48.6 Å². The molecule has 0 aliphatic rings. The van der Waals surface area contributed by atoms with Gasteiger partial charge in [0.25, 0.3) is 0 Å². The van der Waals surface area contributed by atoms with Crippen molar-refractivity contribution < 1.29 is 48.6 Å². The monoisotopic (exact) mass is 1090 g/mol. The van der Waals surface area contributed by atoms with Crippen molar-refractivity contribution in [2.45, 2.75) is 101 Å². The lowest BCUT2D eigenvalue weighted by Gasteiger charge is -2.28. The number of aromatic nitrogens is 2. The van der Waals surface area contributed by atoms with Crippen molar-refractivity contribution in [2.24, 2.45) is 11.5 Å². The number of rotatable bonds is 30. The number of aromatic amines is 2. The van der Waals surface area contributed by atoms with Gasteiger partial charge in [-0.2, -0.15) is 11.8 Å². The number of carboxylic acid groups (broad SMARTS) is 1. The summed E-state index contributed by atoms with van der Waals surface area (Å²) in [5, 5.41) is 40.8. The molecule has 22 heteroatoms. The number of fused-ring (bicyclic) bond motifs is 2. The highest BCUT2D eigenvalue weighted by Crippen LogP contribution is 2.22. The van der Waals surface area contributed by atoms with E-state index in [4.69, 9.17) is 11.5 Å². The largest absolute Gasteiger partial charge is 0.508 e. The number of aliphatic carboxylic acids is 1. The lowest BCUT2D eigenvalue weighted by Crippen LogP contribution is -2.60. The Morgan fingerprint density at radius 2 is 0.962 bits per heavy atom.